The van der Waals surface area contributed by atoms with Gasteiger partial charge in [-0.25, -0.2) is 4.39 Å². The van der Waals surface area contributed by atoms with Gasteiger partial charge in [-0.15, -0.1) is 6.42 Å². The van der Waals surface area contributed by atoms with E-state index in [4.69, 9.17) is 29.6 Å². The van der Waals surface area contributed by atoms with Gasteiger partial charge in [0.1, 0.15) is 0 Å². The molecule has 68 valence electrons. The fourth-order valence-electron chi connectivity index (χ4n) is 1.06. The van der Waals surface area contributed by atoms with Gasteiger partial charge in [-0.3, -0.25) is 0 Å². The Balaban J connectivity index is 3.48. The molecule has 0 saturated heterocycles. The van der Waals surface area contributed by atoms with E-state index in [0.29, 0.717) is 17.0 Å². The molecule has 0 unspecified atom stereocenters. The number of halogens is 3. The third-order valence-electron chi connectivity index (χ3n) is 1.76. The topological polar surface area (TPSA) is 0 Å². The van der Waals surface area contributed by atoms with E-state index >= 15 is 0 Å². The van der Waals surface area contributed by atoms with Gasteiger partial charge < -0.3 is 0 Å². The van der Waals surface area contributed by atoms with E-state index in [1.165, 1.54) is 6.07 Å². The van der Waals surface area contributed by atoms with Crippen LogP contribution in [0, 0.1) is 18.2 Å². The molecule has 0 aliphatic carbocycles. The molecule has 0 N–H and O–H groups in total. The molecule has 1 aromatic rings. The zero-order valence-corrected chi connectivity index (χ0v) is 8.51. The van der Waals surface area contributed by atoms with Crippen molar-refractivity contribution in [2.45, 2.75) is 13.3 Å². The van der Waals surface area contributed by atoms with Gasteiger partial charge in [-0.1, -0.05) is 36.0 Å². The molecule has 0 aromatic heterocycles. The second-order valence-corrected chi connectivity index (χ2v) is 3.30. The van der Waals surface area contributed by atoms with Crippen molar-refractivity contribution in [2.75, 3.05) is 0 Å². The van der Waals surface area contributed by atoms with E-state index < -0.39 is 5.82 Å². The Hall–Kier alpha value is -0.710. The lowest BCUT2D eigenvalue weighted by Crippen LogP contribution is -1.92. The lowest BCUT2D eigenvalue weighted by molar-refractivity contribution is 0.623. The number of terminal acetylenes is 1. The van der Waals surface area contributed by atoms with Crippen LogP contribution < -0.4 is 0 Å². The Labute approximate surface area is 86.7 Å². The summed E-state index contributed by atoms with van der Waals surface area (Å²) >= 11 is 11.6. The second kappa shape index (κ2) is 4.00. The molecular formula is C10H7Cl2F. The molecule has 3 heteroatoms. The minimum Gasteiger partial charge on any atom is -0.204 e. The van der Waals surface area contributed by atoms with Gasteiger partial charge in [-0.2, -0.15) is 0 Å². The number of hydrogen-bond acceptors (Lipinski definition) is 0. The van der Waals surface area contributed by atoms with E-state index in [0.717, 1.165) is 0 Å². The van der Waals surface area contributed by atoms with Gasteiger partial charge in [0.15, 0.2) is 5.82 Å². The zero-order chi connectivity index (χ0) is 10.0. The van der Waals surface area contributed by atoms with Gasteiger partial charge >= 0.3 is 0 Å². The van der Waals surface area contributed by atoms with Crippen molar-refractivity contribution in [3.63, 3.8) is 0 Å². The van der Waals surface area contributed by atoms with Crippen LogP contribution in [0.3, 0.4) is 0 Å². The molecule has 13 heavy (non-hydrogen) atoms. The van der Waals surface area contributed by atoms with Crippen LogP contribution in [0.1, 0.15) is 18.1 Å². The first kappa shape index (κ1) is 10.4. The third kappa shape index (κ3) is 1.80. The highest BCUT2D eigenvalue weighted by molar-refractivity contribution is 6.36. The fourth-order valence-corrected chi connectivity index (χ4v) is 1.78. The summed E-state index contributed by atoms with van der Waals surface area (Å²) in [6.07, 6.45) is 5.66. The first-order valence-electron chi connectivity index (χ1n) is 3.74. The van der Waals surface area contributed by atoms with Crippen molar-refractivity contribution in [3.05, 3.63) is 33.1 Å². The first-order chi connectivity index (χ1) is 6.11. The summed E-state index contributed by atoms with van der Waals surface area (Å²) in [5.41, 5.74) is 0.701. The predicted molar refractivity (Wildman–Crippen MR) is 53.7 cm³/mol. The summed E-state index contributed by atoms with van der Waals surface area (Å²) in [4.78, 5) is 0. The zero-order valence-electron chi connectivity index (χ0n) is 7.00. The van der Waals surface area contributed by atoms with Gasteiger partial charge in [0, 0.05) is 5.02 Å². The van der Waals surface area contributed by atoms with Crippen molar-refractivity contribution in [1.82, 2.24) is 0 Å². The summed E-state index contributed by atoms with van der Waals surface area (Å²) < 4.78 is 13.3. The van der Waals surface area contributed by atoms with Crippen molar-refractivity contribution < 1.29 is 4.39 Å². The number of hydrogen-bond donors (Lipinski definition) is 0. The molecule has 0 heterocycles. The summed E-state index contributed by atoms with van der Waals surface area (Å²) in [6, 6.07) is 1.42. The highest BCUT2D eigenvalue weighted by Gasteiger charge is 2.13. The van der Waals surface area contributed by atoms with E-state index in [9.17, 15) is 4.39 Å². The van der Waals surface area contributed by atoms with Crippen LogP contribution in [0.4, 0.5) is 4.39 Å². The van der Waals surface area contributed by atoms with Crippen LogP contribution in [-0.4, -0.2) is 0 Å². The van der Waals surface area contributed by atoms with Crippen molar-refractivity contribution >= 4 is 23.2 Å². The molecular weight excluding hydrogens is 210 g/mol. The molecule has 0 bridgehead atoms. The Morgan fingerprint density at radius 1 is 1.54 bits per heavy atom. The van der Waals surface area contributed by atoms with Gasteiger partial charge in [-0.05, 0) is 18.1 Å². The Morgan fingerprint density at radius 2 is 2.15 bits per heavy atom. The SMILES string of the molecule is C#Cc1cc(Cl)c(CC)c(Cl)c1F. The smallest absolute Gasteiger partial charge is 0.157 e. The monoisotopic (exact) mass is 216 g/mol. The molecule has 0 amide bonds. The Morgan fingerprint density at radius 3 is 2.62 bits per heavy atom. The van der Waals surface area contributed by atoms with Gasteiger partial charge in [0.2, 0.25) is 0 Å². The fraction of sp³-hybridized carbons (Fsp3) is 0.200. The number of benzene rings is 1. The minimum atomic E-state index is -0.564. The Kier molecular flexibility index (Phi) is 3.19. The molecule has 0 atom stereocenters. The number of rotatable bonds is 1. The van der Waals surface area contributed by atoms with E-state index in [2.05, 4.69) is 5.92 Å². The molecule has 0 aliphatic rings. The standard InChI is InChI=1S/C10H7Cl2F/c1-3-6-5-8(11)7(4-2)9(12)10(6)13/h1,5H,4H2,2H3. The molecule has 1 rings (SSSR count). The van der Waals surface area contributed by atoms with Crippen LogP contribution >= 0.6 is 23.2 Å². The van der Waals surface area contributed by atoms with Crippen LogP contribution in [0.25, 0.3) is 0 Å². The van der Waals surface area contributed by atoms with Crippen LogP contribution in [0.15, 0.2) is 6.07 Å². The summed E-state index contributed by atoms with van der Waals surface area (Å²) in [7, 11) is 0. The van der Waals surface area contributed by atoms with Gasteiger partial charge in [0.25, 0.3) is 0 Å². The highest BCUT2D eigenvalue weighted by atomic mass is 35.5. The summed E-state index contributed by atoms with van der Waals surface area (Å²) in [5.74, 6) is 1.62. The van der Waals surface area contributed by atoms with E-state index in [-0.39, 0.29) is 10.6 Å². The van der Waals surface area contributed by atoms with Crippen molar-refractivity contribution in [2.24, 2.45) is 0 Å². The lowest BCUT2D eigenvalue weighted by atomic mass is 10.1. The van der Waals surface area contributed by atoms with Crippen LogP contribution in [-0.2, 0) is 6.42 Å². The van der Waals surface area contributed by atoms with Crippen molar-refractivity contribution in [3.8, 4) is 12.3 Å². The molecule has 1 aromatic carbocycles. The summed E-state index contributed by atoms with van der Waals surface area (Å²) in [5, 5.41) is 0.449. The maximum Gasteiger partial charge on any atom is 0.157 e. The second-order valence-electron chi connectivity index (χ2n) is 2.51. The quantitative estimate of drug-likeness (QED) is 0.497. The molecule has 0 spiro atoms. The van der Waals surface area contributed by atoms with Gasteiger partial charge in [0.05, 0.1) is 10.6 Å². The van der Waals surface area contributed by atoms with E-state index in [1.807, 2.05) is 6.92 Å². The van der Waals surface area contributed by atoms with Crippen LogP contribution in [0.5, 0.6) is 0 Å². The molecule has 0 radical (unpaired) electrons. The third-order valence-corrected chi connectivity index (χ3v) is 2.49. The van der Waals surface area contributed by atoms with Crippen molar-refractivity contribution in [1.29, 1.82) is 0 Å². The first-order valence-corrected chi connectivity index (χ1v) is 4.50. The maximum absolute atomic E-state index is 13.3. The average molecular weight is 217 g/mol. The molecule has 0 saturated carbocycles. The predicted octanol–water partition coefficient (Wildman–Crippen LogP) is 3.68. The largest absolute Gasteiger partial charge is 0.204 e. The van der Waals surface area contributed by atoms with Crippen LogP contribution in [0.2, 0.25) is 10.0 Å². The maximum atomic E-state index is 13.3. The highest BCUT2D eigenvalue weighted by Crippen LogP contribution is 2.30. The molecule has 0 nitrogen and oxygen atoms in total. The summed E-state index contributed by atoms with van der Waals surface area (Å²) in [6.45, 7) is 1.85. The molecule has 0 aliphatic heterocycles. The molecule has 0 fully saturated rings. The van der Waals surface area contributed by atoms with E-state index in [1.54, 1.807) is 0 Å². The normalized spacial score (nSPS) is 9.77. The lowest BCUT2D eigenvalue weighted by Gasteiger charge is -2.06. The minimum absolute atomic E-state index is 0.0305. The average Bonchev–Trinajstić information content (AvgIpc) is 2.12. The Bertz CT molecular complexity index is 374.